The lowest BCUT2D eigenvalue weighted by Crippen LogP contribution is -2.40. The highest BCUT2D eigenvalue weighted by molar-refractivity contribution is 9.19. The molecule has 0 amide bonds. The summed E-state index contributed by atoms with van der Waals surface area (Å²) in [7, 11) is 0. The Balaban J connectivity index is 2.61. The van der Waals surface area contributed by atoms with E-state index in [0.717, 1.165) is 12.8 Å². The molecule has 2 aliphatic carbocycles. The van der Waals surface area contributed by atoms with Gasteiger partial charge in [-0.25, -0.2) is 4.21 Å². The maximum absolute atomic E-state index is 12.0. The van der Waals surface area contributed by atoms with Crippen LogP contribution in [0.2, 0.25) is 0 Å². The third-order valence-electron chi connectivity index (χ3n) is 4.30. The third kappa shape index (κ3) is 0.963. The summed E-state index contributed by atoms with van der Waals surface area (Å²) in [6, 6.07) is 0. The SMILES string of the molecule is CC1(C)C2CCC1(C(Br)=S=O)C(=O)C2. The summed E-state index contributed by atoms with van der Waals surface area (Å²) in [5, 5.41) is 0. The third-order valence-corrected chi connectivity index (χ3v) is 5.87. The lowest BCUT2D eigenvalue weighted by molar-refractivity contribution is -0.125. The Bertz CT molecular complexity index is 357. The van der Waals surface area contributed by atoms with Crippen LogP contribution in [0.15, 0.2) is 0 Å². The van der Waals surface area contributed by atoms with Gasteiger partial charge in [0.2, 0.25) is 0 Å². The molecule has 2 saturated carbocycles. The van der Waals surface area contributed by atoms with Crippen molar-refractivity contribution in [3.8, 4) is 0 Å². The van der Waals surface area contributed by atoms with Crippen LogP contribution in [0.1, 0.15) is 33.1 Å². The van der Waals surface area contributed by atoms with Crippen LogP contribution in [0, 0.1) is 16.7 Å². The van der Waals surface area contributed by atoms with Crippen LogP contribution in [0.3, 0.4) is 0 Å². The second-order valence-corrected chi connectivity index (χ2v) is 6.74. The molecule has 0 spiro atoms. The lowest BCUT2D eigenvalue weighted by Gasteiger charge is -2.34. The molecule has 2 rings (SSSR count). The first-order valence-electron chi connectivity index (χ1n) is 4.83. The molecule has 0 saturated heterocycles. The molecule has 0 aromatic carbocycles. The van der Waals surface area contributed by atoms with Gasteiger partial charge in [-0.2, -0.15) is 0 Å². The maximum atomic E-state index is 12.0. The number of ketones is 1. The molecule has 0 N–H and O–H groups in total. The van der Waals surface area contributed by atoms with Crippen molar-refractivity contribution >= 4 is 36.7 Å². The number of Topliss-reactive ketones (excluding diaryl/α,β-unsaturated/α-hetero) is 1. The summed E-state index contributed by atoms with van der Waals surface area (Å²) in [6.45, 7) is 4.24. The largest absolute Gasteiger partial charge is 0.299 e. The fourth-order valence-electron chi connectivity index (χ4n) is 3.21. The second-order valence-electron chi connectivity index (χ2n) is 4.85. The number of hydrogen-bond acceptors (Lipinski definition) is 2. The highest BCUT2D eigenvalue weighted by atomic mass is 79.9. The first-order valence-corrected chi connectivity index (χ1v) is 6.36. The van der Waals surface area contributed by atoms with E-state index < -0.39 is 5.41 Å². The number of carbonyl (C=O) groups excluding carboxylic acids is 1. The Hall–Kier alpha value is 0.0400. The molecule has 0 radical (unpaired) electrons. The van der Waals surface area contributed by atoms with Crippen LogP contribution >= 0.6 is 15.9 Å². The fraction of sp³-hybridized carbons (Fsp3) is 0.800. The van der Waals surface area contributed by atoms with E-state index in [4.69, 9.17) is 0 Å². The molecule has 4 heteroatoms. The Labute approximate surface area is 95.7 Å². The van der Waals surface area contributed by atoms with Crippen LogP contribution in [0.5, 0.6) is 0 Å². The van der Waals surface area contributed by atoms with Gasteiger partial charge in [0.15, 0.2) is 0 Å². The van der Waals surface area contributed by atoms with E-state index in [1.54, 1.807) is 0 Å². The summed E-state index contributed by atoms with van der Waals surface area (Å²) in [4.78, 5) is 12.0. The van der Waals surface area contributed by atoms with Crippen LogP contribution < -0.4 is 0 Å². The molecule has 0 heterocycles. The van der Waals surface area contributed by atoms with Gasteiger partial charge in [-0.05, 0) is 40.1 Å². The van der Waals surface area contributed by atoms with Gasteiger partial charge in [0.25, 0.3) is 0 Å². The highest BCUT2D eigenvalue weighted by Gasteiger charge is 2.66. The Morgan fingerprint density at radius 1 is 1.57 bits per heavy atom. The quantitative estimate of drug-likeness (QED) is 0.543. The van der Waals surface area contributed by atoms with E-state index in [1.165, 1.54) is 0 Å². The van der Waals surface area contributed by atoms with Crippen molar-refractivity contribution in [2.45, 2.75) is 33.1 Å². The topological polar surface area (TPSA) is 34.1 Å². The number of hydrogen-bond donors (Lipinski definition) is 0. The van der Waals surface area contributed by atoms with Crippen molar-refractivity contribution in [2.24, 2.45) is 16.7 Å². The zero-order valence-electron chi connectivity index (χ0n) is 8.30. The molecular weight excluding hydrogens is 264 g/mol. The van der Waals surface area contributed by atoms with Gasteiger partial charge >= 0.3 is 0 Å². The maximum Gasteiger partial charge on any atom is 0.145 e. The molecule has 0 aromatic rings. The Morgan fingerprint density at radius 2 is 2.21 bits per heavy atom. The van der Waals surface area contributed by atoms with Gasteiger partial charge < -0.3 is 0 Å². The average molecular weight is 277 g/mol. The normalized spacial score (nSPS) is 38.8. The second kappa shape index (κ2) is 3.01. The zero-order valence-corrected chi connectivity index (χ0v) is 10.7. The van der Waals surface area contributed by atoms with E-state index in [-0.39, 0.29) is 11.2 Å². The summed E-state index contributed by atoms with van der Waals surface area (Å²) in [5.74, 6) is 0.726. The molecule has 2 fully saturated rings. The highest BCUT2D eigenvalue weighted by Crippen LogP contribution is 2.64. The standard InChI is InChI=1S/C10H13BrO2S/c1-9(2)6-3-4-10(9,7(12)5-6)8(11)14-13/h6H,3-5H2,1-2H3. The van der Waals surface area contributed by atoms with Crippen LogP contribution in [0.25, 0.3) is 0 Å². The molecule has 2 nitrogen and oxygen atoms in total. The van der Waals surface area contributed by atoms with Crippen LogP contribution in [-0.2, 0) is 16.1 Å². The fourth-order valence-corrected chi connectivity index (χ4v) is 4.76. The summed E-state index contributed by atoms with van der Waals surface area (Å²) >= 11 is 3.75. The smallest absolute Gasteiger partial charge is 0.145 e. The van der Waals surface area contributed by atoms with Crippen molar-refractivity contribution in [3.63, 3.8) is 0 Å². The predicted octanol–water partition coefficient (Wildman–Crippen LogP) is 2.12. The molecule has 14 heavy (non-hydrogen) atoms. The Morgan fingerprint density at radius 3 is 2.57 bits per heavy atom. The van der Waals surface area contributed by atoms with Crippen molar-refractivity contribution in [1.82, 2.24) is 0 Å². The molecule has 2 atom stereocenters. The number of fused-ring (bicyclic) bond motifs is 2. The van der Waals surface area contributed by atoms with Gasteiger partial charge in [0, 0.05) is 6.42 Å². The predicted molar refractivity (Wildman–Crippen MR) is 60.6 cm³/mol. The molecular formula is C10H13BrO2S. The molecule has 2 bridgehead atoms. The first kappa shape index (κ1) is 10.6. The molecule has 0 aliphatic heterocycles. The zero-order chi connectivity index (χ0) is 10.6. The van der Waals surface area contributed by atoms with Crippen molar-refractivity contribution in [1.29, 1.82) is 0 Å². The molecule has 2 unspecified atom stereocenters. The van der Waals surface area contributed by atoms with Gasteiger partial charge in [0.1, 0.15) is 20.8 Å². The van der Waals surface area contributed by atoms with E-state index in [9.17, 15) is 9.00 Å². The van der Waals surface area contributed by atoms with Gasteiger partial charge in [-0.15, -0.1) is 0 Å². The molecule has 78 valence electrons. The molecule has 0 aromatic heterocycles. The lowest BCUT2D eigenvalue weighted by atomic mass is 9.70. The minimum Gasteiger partial charge on any atom is -0.299 e. The van der Waals surface area contributed by atoms with Gasteiger partial charge in [0.05, 0.1) is 5.41 Å². The van der Waals surface area contributed by atoms with E-state index in [1.807, 2.05) is 0 Å². The van der Waals surface area contributed by atoms with Crippen LogP contribution in [0.4, 0.5) is 0 Å². The van der Waals surface area contributed by atoms with Crippen molar-refractivity contribution < 1.29 is 9.00 Å². The monoisotopic (exact) mass is 276 g/mol. The minimum absolute atomic E-state index is 0.0413. The number of halogens is 1. The average Bonchev–Trinajstić information content (AvgIpc) is 2.49. The Kier molecular flexibility index (Phi) is 2.27. The number of carbonyl (C=O) groups is 1. The van der Waals surface area contributed by atoms with Gasteiger partial charge in [-0.1, -0.05) is 13.8 Å². The van der Waals surface area contributed by atoms with E-state index in [2.05, 4.69) is 29.8 Å². The summed E-state index contributed by atoms with van der Waals surface area (Å²) in [6.07, 6.45) is 2.58. The van der Waals surface area contributed by atoms with Crippen molar-refractivity contribution in [2.75, 3.05) is 0 Å². The van der Waals surface area contributed by atoms with Crippen molar-refractivity contribution in [3.05, 3.63) is 0 Å². The van der Waals surface area contributed by atoms with E-state index >= 15 is 0 Å². The summed E-state index contributed by atoms with van der Waals surface area (Å²) in [5.41, 5.74) is -0.523. The summed E-state index contributed by atoms with van der Waals surface area (Å²) < 4.78 is 11.5. The molecule has 2 aliphatic rings. The van der Waals surface area contributed by atoms with Crippen LogP contribution in [-0.4, -0.2) is 13.8 Å². The first-order chi connectivity index (χ1) is 6.46. The number of rotatable bonds is 1. The van der Waals surface area contributed by atoms with Gasteiger partial charge in [-0.3, -0.25) is 4.79 Å². The minimum atomic E-state index is -0.482. The van der Waals surface area contributed by atoms with E-state index in [0.29, 0.717) is 27.4 Å².